The molecule has 0 aliphatic carbocycles. The first-order valence-corrected chi connectivity index (χ1v) is 4.53. The van der Waals surface area contributed by atoms with Crippen LogP contribution in [0.15, 0.2) is 0 Å². The fraction of sp³-hybridized carbons (Fsp3) is 0.667. The Labute approximate surface area is 87.4 Å². The monoisotopic (exact) mass is 217 g/mol. The number of ether oxygens (including phenoxy) is 1. The van der Waals surface area contributed by atoms with Crippen molar-refractivity contribution < 1.29 is 24.2 Å². The normalized spacial score (nSPS) is 14.1. The van der Waals surface area contributed by atoms with Crippen molar-refractivity contribution in [1.82, 2.24) is 0 Å². The van der Waals surface area contributed by atoms with Crippen molar-refractivity contribution in [3.8, 4) is 0 Å². The summed E-state index contributed by atoms with van der Waals surface area (Å²) >= 11 is 0. The Morgan fingerprint density at radius 1 is 1.40 bits per heavy atom. The fourth-order valence-corrected chi connectivity index (χ4v) is 0.741. The van der Waals surface area contributed by atoms with Gasteiger partial charge in [-0.05, 0) is 20.3 Å². The molecule has 0 aromatic rings. The van der Waals surface area contributed by atoms with Gasteiger partial charge >= 0.3 is 11.9 Å². The van der Waals surface area contributed by atoms with Crippen molar-refractivity contribution in [1.29, 1.82) is 0 Å². The number of esters is 1. The molecule has 0 amide bonds. The Morgan fingerprint density at radius 2 is 1.93 bits per heavy atom. The van der Waals surface area contributed by atoms with Crippen LogP contribution in [-0.2, 0) is 19.1 Å². The van der Waals surface area contributed by atoms with Crippen LogP contribution in [0.25, 0.3) is 0 Å². The minimum Gasteiger partial charge on any atom is -0.481 e. The number of carboxylic acids is 1. The summed E-state index contributed by atoms with van der Waals surface area (Å²) in [5, 5.41) is 8.35. The zero-order valence-corrected chi connectivity index (χ0v) is 8.73. The van der Waals surface area contributed by atoms with E-state index in [1.54, 1.807) is 0 Å². The molecule has 0 spiro atoms. The van der Waals surface area contributed by atoms with E-state index in [0.717, 1.165) is 0 Å². The molecule has 15 heavy (non-hydrogen) atoms. The van der Waals surface area contributed by atoms with Crippen LogP contribution in [0.1, 0.15) is 26.7 Å². The summed E-state index contributed by atoms with van der Waals surface area (Å²) in [6.07, 6.45) is -1.04. The van der Waals surface area contributed by atoms with Crippen molar-refractivity contribution in [3.05, 3.63) is 0 Å². The lowest BCUT2D eigenvalue weighted by Gasteiger charge is -2.13. The van der Waals surface area contributed by atoms with Gasteiger partial charge in [-0.3, -0.25) is 14.4 Å². The number of ketones is 1. The molecule has 0 unspecified atom stereocenters. The van der Waals surface area contributed by atoms with Crippen LogP contribution in [0.2, 0.25) is 0 Å². The molecule has 0 radical (unpaired) electrons. The van der Waals surface area contributed by atoms with Crippen molar-refractivity contribution in [2.75, 3.05) is 0 Å². The molecule has 3 N–H and O–H groups in total. The SMILES string of the molecule is CC(=O)[C@H](C)OC(=O)[C@@H](N)CCC(=O)O. The third-order valence-corrected chi connectivity index (χ3v) is 1.84. The van der Waals surface area contributed by atoms with E-state index in [1.165, 1.54) is 13.8 Å². The third kappa shape index (κ3) is 5.79. The molecular weight excluding hydrogens is 202 g/mol. The van der Waals surface area contributed by atoms with Gasteiger partial charge in [0.15, 0.2) is 11.9 Å². The molecule has 0 saturated carbocycles. The molecule has 0 aliphatic heterocycles. The molecule has 0 fully saturated rings. The molecule has 0 rings (SSSR count). The number of aliphatic carboxylic acids is 1. The Morgan fingerprint density at radius 3 is 2.33 bits per heavy atom. The largest absolute Gasteiger partial charge is 0.481 e. The number of rotatable bonds is 6. The molecular formula is C9H15NO5. The molecule has 6 nitrogen and oxygen atoms in total. The van der Waals surface area contributed by atoms with Crippen LogP contribution in [0.5, 0.6) is 0 Å². The Bertz CT molecular complexity index is 263. The van der Waals surface area contributed by atoms with Gasteiger partial charge in [0.25, 0.3) is 0 Å². The average molecular weight is 217 g/mol. The highest BCUT2D eigenvalue weighted by atomic mass is 16.5. The van der Waals surface area contributed by atoms with Crippen LogP contribution < -0.4 is 5.73 Å². The van der Waals surface area contributed by atoms with Gasteiger partial charge in [0.05, 0.1) is 0 Å². The topological polar surface area (TPSA) is 107 Å². The molecule has 0 heterocycles. The standard InChI is InChI=1S/C9H15NO5/c1-5(11)6(2)15-9(14)7(10)3-4-8(12)13/h6-7H,3-4,10H2,1-2H3,(H,12,13)/t6-,7-/m0/s1. The Hall–Kier alpha value is -1.43. The van der Waals surface area contributed by atoms with Gasteiger partial charge in [-0.1, -0.05) is 0 Å². The van der Waals surface area contributed by atoms with E-state index in [9.17, 15) is 14.4 Å². The van der Waals surface area contributed by atoms with E-state index in [-0.39, 0.29) is 18.6 Å². The molecule has 0 aromatic carbocycles. The van der Waals surface area contributed by atoms with Gasteiger partial charge in [-0.15, -0.1) is 0 Å². The molecule has 0 aromatic heterocycles. The maximum Gasteiger partial charge on any atom is 0.323 e. The highest BCUT2D eigenvalue weighted by Crippen LogP contribution is 2.01. The summed E-state index contributed by atoms with van der Waals surface area (Å²) in [4.78, 5) is 32.1. The predicted octanol–water partition coefficient (Wildman–Crippen LogP) is -0.301. The lowest BCUT2D eigenvalue weighted by Crippen LogP contribution is -2.36. The van der Waals surface area contributed by atoms with E-state index >= 15 is 0 Å². The molecule has 0 saturated heterocycles. The van der Waals surface area contributed by atoms with E-state index in [4.69, 9.17) is 15.6 Å². The van der Waals surface area contributed by atoms with Crippen molar-refractivity contribution in [3.63, 3.8) is 0 Å². The van der Waals surface area contributed by atoms with Crippen LogP contribution >= 0.6 is 0 Å². The predicted molar refractivity (Wildman–Crippen MR) is 51.1 cm³/mol. The van der Waals surface area contributed by atoms with Crippen molar-refractivity contribution in [2.45, 2.75) is 38.8 Å². The molecule has 2 atom stereocenters. The summed E-state index contributed by atoms with van der Waals surface area (Å²) in [7, 11) is 0. The Kier molecular flexibility index (Phi) is 5.54. The van der Waals surface area contributed by atoms with Gasteiger partial charge in [0.1, 0.15) is 6.04 Å². The molecule has 86 valence electrons. The average Bonchev–Trinajstić information content (AvgIpc) is 2.13. The highest BCUT2D eigenvalue weighted by Gasteiger charge is 2.20. The van der Waals surface area contributed by atoms with E-state index < -0.39 is 24.1 Å². The van der Waals surface area contributed by atoms with Gasteiger partial charge in [0.2, 0.25) is 0 Å². The minimum absolute atomic E-state index is 0.00120. The first-order valence-electron chi connectivity index (χ1n) is 4.53. The Balaban J connectivity index is 3.99. The second-order valence-electron chi connectivity index (χ2n) is 3.23. The van der Waals surface area contributed by atoms with E-state index in [2.05, 4.69) is 0 Å². The van der Waals surface area contributed by atoms with Gasteiger partial charge in [-0.2, -0.15) is 0 Å². The number of carbonyl (C=O) groups excluding carboxylic acids is 2. The lowest BCUT2D eigenvalue weighted by atomic mass is 10.1. The quantitative estimate of drug-likeness (QED) is 0.591. The smallest absolute Gasteiger partial charge is 0.323 e. The summed E-state index contributed by atoms with van der Waals surface area (Å²) in [5.74, 6) is -2.06. The van der Waals surface area contributed by atoms with Crippen LogP contribution in [0.3, 0.4) is 0 Å². The summed E-state index contributed by atoms with van der Waals surface area (Å²) in [6, 6.07) is -0.997. The zero-order valence-electron chi connectivity index (χ0n) is 8.73. The molecule has 0 bridgehead atoms. The second kappa shape index (κ2) is 6.13. The minimum atomic E-state index is -1.03. The maximum atomic E-state index is 11.2. The van der Waals surface area contributed by atoms with Gasteiger partial charge in [0, 0.05) is 6.42 Å². The lowest BCUT2D eigenvalue weighted by molar-refractivity contribution is -0.155. The third-order valence-electron chi connectivity index (χ3n) is 1.84. The second-order valence-corrected chi connectivity index (χ2v) is 3.23. The summed E-state index contributed by atoms with van der Waals surface area (Å²) in [6.45, 7) is 2.73. The first kappa shape index (κ1) is 13.6. The number of hydrogen-bond donors (Lipinski definition) is 2. The molecule has 0 aliphatic rings. The van der Waals surface area contributed by atoms with Crippen molar-refractivity contribution in [2.24, 2.45) is 5.73 Å². The summed E-state index contributed by atoms with van der Waals surface area (Å²) in [5.41, 5.74) is 5.36. The van der Waals surface area contributed by atoms with Crippen LogP contribution in [-0.4, -0.2) is 35.0 Å². The van der Waals surface area contributed by atoms with Crippen LogP contribution in [0.4, 0.5) is 0 Å². The van der Waals surface area contributed by atoms with E-state index in [0.29, 0.717) is 0 Å². The first-order chi connectivity index (χ1) is 6.84. The number of carboxylic acid groups (broad SMARTS) is 1. The number of carbonyl (C=O) groups is 3. The number of nitrogens with two attached hydrogens (primary N) is 1. The van der Waals surface area contributed by atoms with Gasteiger partial charge < -0.3 is 15.6 Å². The number of Topliss-reactive ketones (excluding diaryl/α,β-unsaturated/α-hetero) is 1. The van der Waals surface area contributed by atoms with Crippen LogP contribution in [0, 0.1) is 0 Å². The zero-order chi connectivity index (χ0) is 12.0. The van der Waals surface area contributed by atoms with Gasteiger partial charge in [-0.25, -0.2) is 0 Å². The fourth-order valence-electron chi connectivity index (χ4n) is 0.741. The van der Waals surface area contributed by atoms with E-state index in [1.807, 2.05) is 0 Å². The number of hydrogen-bond acceptors (Lipinski definition) is 5. The van der Waals surface area contributed by atoms with Crippen molar-refractivity contribution >= 4 is 17.7 Å². The molecule has 6 heteroatoms. The maximum absolute atomic E-state index is 11.2. The summed E-state index contributed by atoms with van der Waals surface area (Å²) < 4.78 is 4.70. The highest BCUT2D eigenvalue weighted by molar-refractivity contribution is 5.84.